The lowest BCUT2D eigenvalue weighted by molar-refractivity contribution is -0.120. The molecule has 1 amide bonds. The monoisotopic (exact) mass is 582 g/mol. The van der Waals surface area contributed by atoms with Crippen LogP contribution in [-0.2, 0) is 11.3 Å². The Kier molecular flexibility index (Phi) is 12.8. The molecule has 0 unspecified atom stereocenters. The molecular weight excluding hydrogens is 548 g/mol. The van der Waals surface area contributed by atoms with Crippen LogP contribution in [0.4, 0.5) is 0 Å². The van der Waals surface area contributed by atoms with Gasteiger partial charge in [0.2, 0.25) is 5.91 Å². The summed E-state index contributed by atoms with van der Waals surface area (Å²) in [5.41, 5.74) is 24.2. The highest BCUT2D eigenvalue weighted by Gasteiger charge is 2.14. The molecule has 0 aliphatic heterocycles. The first-order valence-electron chi connectivity index (χ1n) is 12.5. The van der Waals surface area contributed by atoms with Gasteiger partial charge in [-0.3, -0.25) is 14.8 Å². The first-order chi connectivity index (χ1) is 19.4. The van der Waals surface area contributed by atoms with Gasteiger partial charge in [0, 0.05) is 36.0 Å². The van der Waals surface area contributed by atoms with Gasteiger partial charge in [-0.15, -0.1) is 0 Å². The fourth-order valence-electron chi connectivity index (χ4n) is 3.42. The van der Waals surface area contributed by atoms with Crippen molar-refractivity contribution in [2.75, 3.05) is 32.1 Å². The number of nitrogens with zero attached hydrogens (tertiary/aromatic N) is 3. The van der Waals surface area contributed by atoms with Gasteiger partial charge in [0.05, 0.1) is 13.1 Å². The SMILES string of the molecule is NC(N)=NCCOc1ccccc1-c1cc(CNC(=O)CCSSc2ccccn2)ccc1OCCN=C(N)N. The lowest BCUT2D eigenvalue weighted by Gasteiger charge is -2.16. The van der Waals surface area contributed by atoms with Crippen molar-refractivity contribution < 1.29 is 14.3 Å². The number of nitrogens with two attached hydrogens (primary N) is 4. The van der Waals surface area contributed by atoms with E-state index in [1.807, 2.05) is 60.7 Å². The summed E-state index contributed by atoms with van der Waals surface area (Å²) in [4.78, 5) is 24.7. The van der Waals surface area contributed by atoms with E-state index in [4.69, 9.17) is 32.4 Å². The molecule has 0 spiro atoms. The van der Waals surface area contributed by atoms with Gasteiger partial charge in [0.25, 0.3) is 0 Å². The fraction of sp³-hybridized carbons (Fsp3) is 0.259. The van der Waals surface area contributed by atoms with Crippen LogP contribution in [-0.4, -0.2) is 54.9 Å². The molecule has 0 fully saturated rings. The zero-order chi connectivity index (χ0) is 28.6. The first-order valence-corrected chi connectivity index (χ1v) is 14.8. The number of ether oxygens (including phenoxy) is 2. The highest BCUT2D eigenvalue weighted by Crippen LogP contribution is 2.37. The molecule has 9 N–H and O–H groups in total. The molecule has 3 aromatic rings. The molecule has 13 heteroatoms. The molecule has 11 nitrogen and oxygen atoms in total. The molecule has 0 saturated carbocycles. The predicted octanol–water partition coefficient (Wildman–Crippen LogP) is 2.50. The van der Waals surface area contributed by atoms with E-state index >= 15 is 0 Å². The van der Waals surface area contributed by atoms with Gasteiger partial charge in [-0.2, -0.15) is 0 Å². The number of hydrogen-bond acceptors (Lipinski definition) is 8. The van der Waals surface area contributed by atoms with Crippen molar-refractivity contribution in [2.45, 2.75) is 18.0 Å². The van der Waals surface area contributed by atoms with Gasteiger partial charge >= 0.3 is 0 Å². The van der Waals surface area contributed by atoms with E-state index in [1.165, 1.54) is 0 Å². The summed E-state index contributed by atoms with van der Waals surface area (Å²) >= 11 is 0. The molecule has 3 rings (SSSR count). The Labute approximate surface area is 241 Å². The van der Waals surface area contributed by atoms with E-state index in [-0.39, 0.29) is 24.4 Å². The zero-order valence-corrected chi connectivity index (χ0v) is 23.6. The number of carbonyl (C=O) groups is 1. The number of aromatic nitrogens is 1. The molecule has 0 saturated heterocycles. The third-order valence-corrected chi connectivity index (χ3v) is 7.46. The quantitative estimate of drug-likeness (QED) is 0.0726. The molecular formula is C27H34N8O3S2. The summed E-state index contributed by atoms with van der Waals surface area (Å²) in [5, 5.41) is 3.91. The molecule has 0 aliphatic carbocycles. The molecule has 40 heavy (non-hydrogen) atoms. The number of aliphatic imine (C=N–C) groups is 2. The van der Waals surface area contributed by atoms with Gasteiger partial charge < -0.3 is 37.7 Å². The normalized spacial score (nSPS) is 10.4. The van der Waals surface area contributed by atoms with Crippen molar-refractivity contribution in [1.82, 2.24) is 10.3 Å². The summed E-state index contributed by atoms with van der Waals surface area (Å²) in [6.45, 7) is 1.58. The summed E-state index contributed by atoms with van der Waals surface area (Å²) < 4.78 is 12.0. The first kappa shape index (κ1) is 30.4. The minimum atomic E-state index is -0.0308. The number of nitrogens with one attached hydrogen (secondary N) is 1. The summed E-state index contributed by atoms with van der Waals surface area (Å²) in [6, 6.07) is 19.1. The van der Waals surface area contributed by atoms with Crippen LogP contribution in [0, 0.1) is 0 Å². The molecule has 212 valence electrons. The van der Waals surface area contributed by atoms with E-state index in [0.717, 1.165) is 21.7 Å². The Morgan fingerprint density at radius 2 is 1.52 bits per heavy atom. The molecule has 0 aliphatic rings. The Morgan fingerprint density at radius 1 is 0.850 bits per heavy atom. The van der Waals surface area contributed by atoms with Crippen LogP contribution >= 0.6 is 21.6 Å². The van der Waals surface area contributed by atoms with E-state index in [2.05, 4.69) is 20.3 Å². The number of para-hydroxylation sites is 1. The van der Waals surface area contributed by atoms with Crippen LogP contribution in [0.15, 0.2) is 81.9 Å². The van der Waals surface area contributed by atoms with E-state index in [9.17, 15) is 4.79 Å². The maximum atomic E-state index is 12.5. The lowest BCUT2D eigenvalue weighted by atomic mass is 10.0. The third-order valence-electron chi connectivity index (χ3n) is 5.19. The van der Waals surface area contributed by atoms with Crippen LogP contribution < -0.4 is 37.7 Å². The number of rotatable bonds is 16. The number of pyridine rings is 1. The lowest BCUT2D eigenvalue weighted by Crippen LogP contribution is -2.24. The van der Waals surface area contributed by atoms with E-state index in [1.54, 1.807) is 27.8 Å². The molecule has 1 heterocycles. The van der Waals surface area contributed by atoms with E-state index in [0.29, 0.717) is 49.9 Å². The number of guanidine groups is 2. The summed E-state index contributed by atoms with van der Waals surface area (Å²) in [7, 11) is 3.15. The second-order valence-electron chi connectivity index (χ2n) is 8.24. The minimum Gasteiger partial charge on any atom is -0.491 e. The third kappa shape index (κ3) is 10.9. The van der Waals surface area contributed by atoms with Gasteiger partial charge in [0.1, 0.15) is 29.7 Å². The second-order valence-corrected chi connectivity index (χ2v) is 10.7. The fourth-order valence-corrected chi connectivity index (χ4v) is 5.29. The average molecular weight is 583 g/mol. The highest BCUT2D eigenvalue weighted by molar-refractivity contribution is 8.76. The molecule has 0 radical (unpaired) electrons. The number of carbonyl (C=O) groups excluding carboxylic acids is 1. The van der Waals surface area contributed by atoms with Crippen LogP contribution in [0.3, 0.4) is 0 Å². The Hall–Kier alpha value is -4.10. The van der Waals surface area contributed by atoms with Crippen molar-refractivity contribution in [3.63, 3.8) is 0 Å². The minimum absolute atomic E-state index is 0.00293. The summed E-state index contributed by atoms with van der Waals surface area (Å²) in [5.74, 6) is 1.93. The maximum Gasteiger partial charge on any atom is 0.221 e. The van der Waals surface area contributed by atoms with Crippen molar-refractivity contribution in [3.8, 4) is 22.6 Å². The highest BCUT2D eigenvalue weighted by atomic mass is 33.1. The topological polar surface area (TPSA) is 189 Å². The van der Waals surface area contributed by atoms with E-state index < -0.39 is 0 Å². The van der Waals surface area contributed by atoms with Crippen LogP contribution in [0.1, 0.15) is 12.0 Å². The molecule has 0 atom stereocenters. The predicted molar refractivity (Wildman–Crippen MR) is 163 cm³/mol. The standard InChI is InChI=1S/C27H34N8O3S2/c28-26(29)33-12-14-37-22-6-2-1-5-20(22)21-17-19(8-9-23(21)38-15-13-34-27(30)31)18-35-24(36)10-16-39-40-25-7-3-4-11-32-25/h1-9,11,17H,10,12-16,18H2,(H,35,36)(H4,28,29,33)(H4,30,31,34). The Bertz CT molecular complexity index is 1280. The molecule has 1 aromatic heterocycles. The molecule has 2 aromatic carbocycles. The zero-order valence-electron chi connectivity index (χ0n) is 22.0. The maximum absolute atomic E-state index is 12.5. The number of hydrogen-bond donors (Lipinski definition) is 5. The Morgan fingerprint density at radius 3 is 2.20 bits per heavy atom. The van der Waals surface area contributed by atoms with Gasteiger partial charge in [-0.1, -0.05) is 41.1 Å². The van der Waals surface area contributed by atoms with Gasteiger partial charge in [0.15, 0.2) is 11.9 Å². The van der Waals surface area contributed by atoms with Crippen molar-refractivity contribution in [2.24, 2.45) is 32.9 Å². The Balaban J connectivity index is 1.67. The smallest absolute Gasteiger partial charge is 0.221 e. The summed E-state index contributed by atoms with van der Waals surface area (Å²) in [6.07, 6.45) is 2.15. The van der Waals surface area contributed by atoms with Gasteiger partial charge in [-0.25, -0.2) is 4.98 Å². The molecule has 0 bridgehead atoms. The van der Waals surface area contributed by atoms with Crippen molar-refractivity contribution in [1.29, 1.82) is 0 Å². The number of benzene rings is 2. The van der Waals surface area contributed by atoms with Gasteiger partial charge in [-0.05, 0) is 46.7 Å². The average Bonchev–Trinajstić information content (AvgIpc) is 2.95. The van der Waals surface area contributed by atoms with Crippen molar-refractivity contribution >= 4 is 39.4 Å². The largest absolute Gasteiger partial charge is 0.491 e. The van der Waals surface area contributed by atoms with Crippen LogP contribution in [0.2, 0.25) is 0 Å². The van der Waals surface area contributed by atoms with Crippen LogP contribution in [0.25, 0.3) is 11.1 Å². The van der Waals surface area contributed by atoms with Crippen LogP contribution in [0.5, 0.6) is 11.5 Å². The number of amides is 1. The second kappa shape index (κ2) is 16.8. The van der Waals surface area contributed by atoms with Crippen molar-refractivity contribution in [3.05, 3.63) is 72.4 Å².